The quantitative estimate of drug-likeness (QED) is 0.898. The van der Waals surface area contributed by atoms with Crippen LogP contribution in [0.1, 0.15) is 51.1 Å². The minimum absolute atomic E-state index is 0.122. The van der Waals surface area contributed by atoms with E-state index in [0.29, 0.717) is 11.7 Å². The molecule has 1 aromatic carbocycles. The first-order valence-corrected chi connectivity index (χ1v) is 7.27. The van der Waals surface area contributed by atoms with Crippen molar-refractivity contribution in [3.8, 4) is 0 Å². The van der Waals surface area contributed by atoms with Gasteiger partial charge < -0.3 is 10.6 Å². The van der Waals surface area contributed by atoms with Crippen molar-refractivity contribution in [1.82, 2.24) is 0 Å². The van der Waals surface area contributed by atoms with Crippen molar-refractivity contribution in [2.45, 2.75) is 51.6 Å². The summed E-state index contributed by atoms with van der Waals surface area (Å²) in [6.07, 6.45) is 4.87. The maximum Gasteiger partial charge on any atom is 0.146 e. The number of rotatable bonds is 3. The summed E-state index contributed by atoms with van der Waals surface area (Å²) >= 11 is 0. The van der Waals surface area contributed by atoms with E-state index in [1.807, 2.05) is 26.1 Å². The largest absolute Gasteiger partial charge is 0.369 e. The molecular formula is C16H25FN2. The molecule has 0 aliphatic heterocycles. The molecule has 1 saturated carbocycles. The Kier molecular flexibility index (Phi) is 4.46. The molecule has 1 aliphatic carbocycles. The van der Waals surface area contributed by atoms with Gasteiger partial charge in [0.1, 0.15) is 5.82 Å². The van der Waals surface area contributed by atoms with Gasteiger partial charge in [0.25, 0.3) is 0 Å². The molecule has 3 unspecified atom stereocenters. The lowest BCUT2D eigenvalue weighted by atomic mass is 9.86. The number of nitrogens with two attached hydrogens (primary N) is 1. The van der Waals surface area contributed by atoms with Crippen LogP contribution >= 0.6 is 0 Å². The Balaban J connectivity index is 2.16. The molecule has 0 saturated heterocycles. The highest BCUT2D eigenvalue weighted by Gasteiger charge is 2.24. The standard InChI is InChI=1S/C16H25FN2/c1-11-5-4-6-14(9-11)19(3)16-8-7-13(12(2)18)10-15(16)17/h7-8,10-12,14H,4-6,9,18H2,1-3H3. The molecule has 2 rings (SSSR count). The normalized spacial score (nSPS) is 25.1. The Hall–Kier alpha value is -1.09. The van der Waals surface area contributed by atoms with Crippen LogP contribution in [0, 0.1) is 11.7 Å². The zero-order valence-corrected chi connectivity index (χ0v) is 12.2. The number of anilines is 1. The molecule has 0 aromatic heterocycles. The highest BCUT2D eigenvalue weighted by atomic mass is 19.1. The van der Waals surface area contributed by atoms with E-state index >= 15 is 0 Å². The van der Waals surface area contributed by atoms with Gasteiger partial charge in [-0.2, -0.15) is 0 Å². The second-order valence-corrected chi connectivity index (χ2v) is 6.04. The fourth-order valence-corrected chi connectivity index (χ4v) is 3.04. The van der Waals surface area contributed by atoms with Gasteiger partial charge in [-0.05, 0) is 43.4 Å². The minimum atomic E-state index is -0.157. The topological polar surface area (TPSA) is 29.3 Å². The zero-order chi connectivity index (χ0) is 14.0. The SMILES string of the molecule is CC1CCCC(N(C)c2ccc(C(C)N)cc2F)C1. The molecule has 3 atom stereocenters. The van der Waals surface area contributed by atoms with Gasteiger partial charge >= 0.3 is 0 Å². The van der Waals surface area contributed by atoms with Crippen LogP contribution in [-0.2, 0) is 0 Å². The van der Waals surface area contributed by atoms with E-state index < -0.39 is 0 Å². The van der Waals surface area contributed by atoms with Crippen molar-refractivity contribution in [1.29, 1.82) is 0 Å². The van der Waals surface area contributed by atoms with E-state index in [1.54, 1.807) is 6.07 Å². The number of nitrogens with zero attached hydrogens (tertiary/aromatic N) is 1. The van der Waals surface area contributed by atoms with Gasteiger partial charge in [-0.1, -0.05) is 25.8 Å². The summed E-state index contributed by atoms with van der Waals surface area (Å²) in [7, 11) is 2.01. The Morgan fingerprint density at radius 3 is 2.68 bits per heavy atom. The van der Waals surface area contributed by atoms with Crippen LogP contribution < -0.4 is 10.6 Å². The lowest BCUT2D eigenvalue weighted by Crippen LogP contribution is -2.36. The van der Waals surface area contributed by atoms with Crippen LogP contribution in [0.3, 0.4) is 0 Å². The molecule has 19 heavy (non-hydrogen) atoms. The molecule has 0 heterocycles. The maximum atomic E-state index is 14.2. The van der Waals surface area contributed by atoms with Crippen LogP contribution in [0.15, 0.2) is 18.2 Å². The summed E-state index contributed by atoms with van der Waals surface area (Å²) < 4.78 is 14.2. The van der Waals surface area contributed by atoms with E-state index in [1.165, 1.54) is 12.8 Å². The predicted octanol–water partition coefficient (Wildman–Crippen LogP) is 3.86. The molecule has 1 aromatic rings. The van der Waals surface area contributed by atoms with Gasteiger partial charge in [0.05, 0.1) is 5.69 Å². The van der Waals surface area contributed by atoms with Gasteiger partial charge in [0, 0.05) is 19.1 Å². The fourth-order valence-electron chi connectivity index (χ4n) is 3.04. The van der Waals surface area contributed by atoms with Crippen LogP contribution in [0.2, 0.25) is 0 Å². The zero-order valence-electron chi connectivity index (χ0n) is 12.2. The van der Waals surface area contributed by atoms with Gasteiger partial charge in [-0.15, -0.1) is 0 Å². The smallest absolute Gasteiger partial charge is 0.146 e. The number of hydrogen-bond acceptors (Lipinski definition) is 2. The third kappa shape index (κ3) is 3.27. The molecule has 2 nitrogen and oxygen atoms in total. The third-order valence-electron chi connectivity index (χ3n) is 4.33. The molecule has 3 heteroatoms. The summed E-state index contributed by atoms with van der Waals surface area (Å²) in [5, 5.41) is 0. The molecule has 2 N–H and O–H groups in total. The second-order valence-electron chi connectivity index (χ2n) is 6.04. The Morgan fingerprint density at radius 1 is 1.37 bits per heavy atom. The Bertz CT molecular complexity index is 431. The monoisotopic (exact) mass is 264 g/mol. The van der Waals surface area contributed by atoms with Gasteiger partial charge in [-0.3, -0.25) is 0 Å². The molecule has 0 spiro atoms. The lowest BCUT2D eigenvalue weighted by molar-refractivity contribution is 0.335. The maximum absolute atomic E-state index is 14.2. The van der Waals surface area contributed by atoms with Crippen molar-refractivity contribution in [2.75, 3.05) is 11.9 Å². The van der Waals surface area contributed by atoms with Crippen molar-refractivity contribution >= 4 is 5.69 Å². The molecule has 1 fully saturated rings. The van der Waals surface area contributed by atoms with Crippen molar-refractivity contribution < 1.29 is 4.39 Å². The second kappa shape index (κ2) is 5.91. The number of hydrogen-bond donors (Lipinski definition) is 1. The lowest BCUT2D eigenvalue weighted by Gasteiger charge is -2.35. The fraction of sp³-hybridized carbons (Fsp3) is 0.625. The van der Waals surface area contributed by atoms with Crippen molar-refractivity contribution in [3.63, 3.8) is 0 Å². The van der Waals surface area contributed by atoms with Crippen LogP contribution in [-0.4, -0.2) is 13.1 Å². The molecule has 1 aliphatic rings. The van der Waals surface area contributed by atoms with E-state index in [4.69, 9.17) is 5.73 Å². The minimum Gasteiger partial charge on any atom is -0.369 e. The van der Waals surface area contributed by atoms with Crippen LogP contribution in [0.4, 0.5) is 10.1 Å². The molecule has 0 amide bonds. The average Bonchev–Trinajstić information content (AvgIpc) is 2.37. The third-order valence-corrected chi connectivity index (χ3v) is 4.33. The number of benzene rings is 1. The Morgan fingerprint density at radius 2 is 2.11 bits per heavy atom. The van der Waals surface area contributed by atoms with E-state index in [2.05, 4.69) is 11.8 Å². The van der Waals surface area contributed by atoms with E-state index in [9.17, 15) is 4.39 Å². The summed E-state index contributed by atoms with van der Waals surface area (Å²) in [5.74, 6) is 0.586. The van der Waals surface area contributed by atoms with E-state index in [0.717, 1.165) is 24.3 Å². The first-order valence-electron chi connectivity index (χ1n) is 7.27. The van der Waals surface area contributed by atoms with Gasteiger partial charge in [-0.25, -0.2) is 4.39 Å². The van der Waals surface area contributed by atoms with Crippen LogP contribution in [0.5, 0.6) is 0 Å². The van der Waals surface area contributed by atoms with Crippen molar-refractivity contribution in [2.24, 2.45) is 11.7 Å². The highest BCUT2D eigenvalue weighted by molar-refractivity contribution is 5.49. The Labute approximate surface area is 115 Å². The number of halogens is 1. The van der Waals surface area contributed by atoms with Crippen LogP contribution in [0.25, 0.3) is 0 Å². The summed E-state index contributed by atoms with van der Waals surface area (Å²) in [6, 6.07) is 5.71. The first kappa shape index (κ1) is 14.3. The summed E-state index contributed by atoms with van der Waals surface area (Å²) in [4.78, 5) is 2.11. The van der Waals surface area contributed by atoms with Gasteiger partial charge in [0.15, 0.2) is 0 Å². The summed E-state index contributed by atoms with van der Waals surface area (Å²) in [6.45, 7) is 4.16. The van der Waals surface area contributed by atoms with E-state index in [-0.39, 0.29) is 11.9 Å². The molecular weight excluding hydrogens is 239 g/mol. The first-order chi connectivity index (χ1) is 8.99. The molecule has 0 radical (unpaired) electrons. The van der Waals surface area contributed by atoms with Gasteiger partial charge in [0.2, 0.25) is 0 Å². The summed E-state index contributed by atoms with van der Waals surface area (Å²) in [5.41, 5.74) is 7.34. The highest BCUT2D eigenvalue weighted by Crippen LogP contribution is 2.31. The predicted molar refractivity (Wildman–Crippen MR) is 78.8 cm³/mol. The molecule has 106 valence electrons. The van der Waals surface area contributed by atoms with Crippen molar-refractivity contribution in [3.05, 3.63) is 29.6 Å². The average molecular weight is 264 g/mol. The molecule has 0 bridgehead atoms.